The number of hydrogen-bond acceptors (Lipinski definition) is 3. The molecule has 1 heterocycles. The van der Waals surface area contributed by atoms with Gasteiger partial charge < -0.3 is 10.3 Å². The number of halogens is 1. The number of aromatic nitrogens is 1. The maximum absolute atomic E-state index is 11.0. The van der Waals surface area contributed by atoms with E-state index in [4.69, 9.17) is 5.73 Å². The molecule has 5 nitrogen and oxygen atoms in total. The first-order chi connectivity index (χ1) is 9.10. The molecule has 0 atom stereocenters. The molecule has 0 saturated carbocycles. The molecule has 0 aliphatic rings. The summed E-state index contributed by atoms with van der Waals surface area (Å²) in [4.78, 5) is 10.7. The van der Waals surface area contributed by atoms with Crippen LogP contribution < -0.4 is 5.73 Å². The molecule has 0 spiro atoms. The number of nitrogens with zero attached hydrogens (tertiary/aromatic N) is 2. The lowest BCUT2D eigenvalue weighted by molar-refractivity contribution is -0.385. The van der Waals surface area contributed by atoms with Gasteiger partial charge in [0, 0.05) is 28.5 Å². The lowest BCUT2D eigenvalue weighted by Crippen LogP contribution is -2.03. The van der Waals surface area contributed by atoms with Crippen LogP contribution in [0.25, 0.3) is 0 Å². The average molecular weight is 324 g/mol. The van der Waals surface area contributed by atoms with Crippen molar-refractivity contribution in [3.8, 4) is 0 Å². The fraction of sp³-hybridized carbons (Fsp3) is 0.231. The number of nitro benzene ring substituents is 1. The van der Waals surface area contributed by atoms with Gasteiger partial charge in [-0.25, -0.2) is 0 Å². The van der Waals surface area contributed by atoms with E-state index < -0.39 is 0 Å². The van der Waals surface area contributed by atoms with Gasteiger partial charge in [0.2, 0.25) is 0 Å². The molecule has 0 bridgehead atoms. The molecule has 1 aromatic carbocycles. The predicted octanol–water partition coefficient (Wildman–Crippen LogP) is 2.71. The van der Waals surface area contributed by atoms with Gasteiger partial charge in [-0.15, -0.1) is 0 Å². The number of benzene rings is 1. The monoisotopic (exact) mass is 323 g/mol. The van der Waals surface area contributed by atoms with Crippen LogP contribution in [-0.4, -0.2) is 16.0 Å². The molecule has 0 aliphatic carbocycles. The number of hydrogen-bond donors (Lipinski definition) is 1. The van der Waals surface area contributed by atoms with Crippen LogP contribution in [0.2, 0.25) is 0 Å². The molecule has 2 aromatic rings. The Balaban J connectivity index is 2.24. The zero-order valence-electron chi connectivity index (χ0n) is 10.3. The Kier molecular flexibility index (Phi) is 4.34. The fourth-order valence-corrected chi connectivity index (χ4v) is 2.29. The minimum atomic E-state index is -0.357. The minimum absolute atomic E-state index is 0.128. The Morgan fingerprint density at radius 2 is 2.16 bits per heavy atom. The van der Waals surface area contributed by atoms with Crippen molar-refractivity contribution in [1.29, 1.82) is 0 Å². The van der Waals surface area contributed by atoms with E-state index in [1.807, 2.05) is 29.1 Å². The standard InChI is InChI=1S/C13H14BrN3O2/c14-12-2-1-11(13(7-12)17(18)19)9-16-6-4-10(8-16)3-5-15/h1-2,4,6-8H,3,5,9,15H2. The van der Waals surface area contributed by atoms with Gasteiger partial charge in [-0.05, 0) is 36.7 Å². The molecule has 0 aliphatic heterocycles. The Labute approximate surface area is 119 Å². The third kappa shape index (κ3) is 3.42. The maximum atomic E-state index is 11.0. The highest BCUT2D eigenvalue weighted by atomic mass is 79.9. The van der Waals surface area contributed by atoms with Crippen LogP contribution in [-0.2, 0) is 13.0 Å². The lowest BCUT2D eigenvalue weighted by atomic mass is 10.2. The van der Waals surface area contributed by atoms with Crippen molar-refractivity contribution in [3.05, 3.63) is 62.4 Å². The summed E-state index contributed by atoms with van der Waals surface area (Å²) in [6, 6.07) is 7.09. The molecule has 0 unspecified atom stereocenters. The molecule has 19 heavy (non-hydrogen) atoms. The molecule has 0 fully saturated rings. The highest BCUT2D eigenvalue weighted by Crippen LogP contribution is 2.24. The number of rotatable bonds is 5. The second-order valence-corrected chi connectivity index (χ2v) is 5.18. The van der Waals surface area contributed by atoms with Crippen LogP contribution in [0.1, 0.15) is 11.1 Å². The first-order valence-corrected chi connectivity index (χ1v) is 6.67. The van der Waals surface area contributed by atoms with Crippen LogP contribution in [0, 0.1) is 10.1 Å². The van der Waals surface area contributed by atoms with Crippen LogP contribution in [0.4, 0.5) is 5.69 Å². The summed E-state index contributed by atoms with van der Waals surface area (Å²) in [6.45, 7) is 1.08. The highest BCUT2D eigenvalue weighted by molar-refractivity contribution is 9.10. The van der Waals surface area contributed by atoms with Crippen molar-refractivity contribution in [2.75, 3.05) is 6.54 Å². The minimum Gasteiger partial charge on any atom is -0.349 e. The van der Waals surface area contributed by atoms with E-state index in [1.54, 1.807) is 6.07 Å². The van der Waals surface area contributed by atoms with Gasteiger partial charge in [0.1, 0.15) is 0 Å². The quantitative estimate of drug-likeness (QED) is 0.679. The van der Waals surface area contributed by atoms with Gasteiger partial charge in [-0.1, -0.05) is 15.9 Å². The topological polar surface area (TPSA) is 74.1 Å². The Morgan fingerprint density at radius 3 is 2.84 bits per heavy atom. The molecular weight excluding hydrogens is 310 g/mol. The van der Waals surface area contributed by atoms with Crippen molar-refractivity contribution >= 4 is 21.6 Å². The average Bonchev–Trinajstić information content (AvgIpc) is 2.79. The van der Waals surface area contributed by atoms with E-state index in [2.05, 4.69) is 15.9 Å². The molecule has 1 aromatic heterocycles. The molecule has 0 radical (unpaired) electrons. The lowest BCUT2D eigenvalue weighted by Gasteiger charge is -2.05. The fourth-order valence-electron chi connectivity index (χ4n) is 1.94. The summed E-state index contributed by atoms with van der Waals surface area (Å²) >= 11 is 3.25. The highest BCUT2D eigenvalue weighted by Gasteiger charge is 2.14. The van der Waals surface area contributed by atoms with E-state index >= 15 is 0 Å². The van der Waals surface area contributed by atoms with Crippen molar-refractivity contribution in [2.45, 2.75) is 13.0 Å². The predicted molar refractivity (Wildman–Crippen MR) is 77.1 cm³/mol. The first-order valence-electron chi connectivity index (χ1n) is 5.87. The van der Waals surface area contributed by atoms with E-state index in [9.17, 15) is 10.1 Å². The summed E-state index contributed by atoms with van der Waals surface area (Å²) in [7, 11) is 0. The van der Waals surface area contributed by atoms with Crippen LogP contribution in [0.3, 0.4) is 0 Å². The smallest absolute Gasteiger partial charge is 0.275 e. The SMILES string of the molecule is NCCc1ccn(Cc2ccc(Br)cc2[N+](=O)[O-])c1. The van der Waals surface area contributed by atoms with Gasteiger partial charge in [0.25, 0.3) is 5.69 Å². The molecular formula is C13H14BrN3O2. The second kappa shape index (κ2) is 5.99. The molecule has 6 heteroatoms. The maximum Gasteiger partial charge on any atom is 0.275 e. The van der Waals surface area contributed by atoms with Gasteiger partial charge in [-0.2, -0.15) is 0 Å². The van der Waals surface area contributed by atoms with Crippen LogP contribution in [0.5, 0.6) is 0 Å². The third-order valence-corrected chi connectivity index (χ3v) is 3.33. The molecule has 0 amide bonds. The summed E-state index contributed by atoms with van der Waals surface area (Å²) in [5.41, 5.74) is 7.45. The largest absolute Gasteiger partial charge is 0.349 e. The normalized spacial score (nSPS) is 10.6. The van der Waals surface area contributed by atoms with Crippen LogP contribution >= 0.6 is 15.9 Å². The zero-order chi connectivity index (χ0) is 13.8. The van der Waals surface area contributed by atoms with E-state index in [0.29, 0.717) is 23.1 Å². The third-order valence-electron chi connectivity index (χ3n) is 2.84. The van der Waals surface area contributed by atoms with Gasteiger partial charge in [0.05, 0.1) is 11.5 Å². The van der Waals surface area contributed by atoms with Crippen molar-refractivity contribution in [3.63, 3.8) is 0 Å². The van der Waals surface area contributed by atoms with E-state index in [0.717, 1.165) is 12.0 Å². The molecule has 0 saturated heterocycles. The second-order valence-electron chi connectivity index (χ2n) is 4.26. The summed E-state index contributed by atoms with van der Waals surface area (Å²) in [5.74, 6) is 0. The Hall–Kier alpha value is -1.66. The Morgan fingerprint density at radius 1 is 1.37 bits per heavy atom. The summed E-state index contributed by atoms with van der Waals surface area (Å²) in [6.07, 6.45) is 4.70. The van der Waals surface area contributed by atoms with Gasteiger partial charge in [0.15, 0.2) is 0 Å². The molecule has 100 valence electrons. The van der Waals surface area contributed by atoms with Crippen molar-refractivity contribution in [2.24, 2.45) is 5.73 Å². The first kappa shape index (κ1) is 13.8. The summed E-state index contributed by atoms with van der Waals surface area (Å²) < 4.78 is 2.64. The van der Waals surface area contributed by atoms with Gasteiger partial charge in [-0.3, -0.25) is 10.1 Å². The van der Waals surface area contributed by atoms with Crippen LogP contribution in [0.15, 0.2) is 41.1 Å². The molecule has 2 N–H and O–H groups in total. The van der Waals surface area contributed by atoms with E-state index in [1.165, 1.54) is 6.07 Å². The van der Waals surface area contributed by atoms with E-state index in [-0.39, 0.29) is 10.6 Å². The Bertz CT molecular complexity index is 595. The van der Waals surface area contributed by atoms with Gasteiger partial charge >= 0.3 is 0 Å². The number of nitrogens with two attached hydrogens (primary N) is 1. The van der Waals surface area contributed by atoms with Crippen molar-refractivity contribution < 1.29 is 4.92 Å². The molecule has 2 rings (SSSR count). The number of nitro groups is 1. The zero-order valence-corrected chi connectivity index (χ0v) is 11.8. The van der Waals surface area contributed by atoms with Crippen molar-refractivity contribution in [1.82, 2.24) is 4.57 Å². The summed E-state index contributed by atoms with van der Waals surface area (Å²) in [5, 5.41) is 11.0.